The number of carboxylic acids is 1. The van der Waals surface area contributed by atoms with E-state index in [4.69, 9.17) is 14.6 Å². The lowest BCUT2D eigenvalue weighted by Crippen LogP contribution is -2.36. The average molecular weight is 174 g/mol. The molecule has 0 aromatic carbocycles. The van der Waals surface area contributed by atoms with E-state index in [1.807, 2.05) is 0 Å². The fourth-order valence-corrected chi connectivity index (χ4v) is 0.939. The molecule has 4 nitrogen and oxygen atoms in total. The number of hydrogen-bond donors (Lipinski definition) is 1. The predicted molar refractivity (Wildman–Crippen MR) is 42.0 cm³/mol. The lowest BCUT2D eigenvalue weighted by Gasteiger charge is -2.25. The van der Waals surface area contributed by atoms with Crippen LogP contribution >= 0.6 is 0 Å². The smallest absolute Gasteiger partial charge is 0.303 e. The van der Waals surface area contributed by atoms with Crippen LogP contribution in [0.3, 0.4) is 0 Å². The summed E-state index contributed by atoms with van der Waals surface area (Å²) >= 11 is 0. The van der Waals surface area contributed by atoms with Crippen LogP contribution in [0.15, 0.2) is 0 Å². The second-order valence-electron chi connectivity index (χ2n) is 2.88. The number of rotatable bonds is 6. The van der Waals surface area contributed by atoms with Crippen molar-refractivity contribution in [3.05, 3.63) is 0 Å². The molecule has 0 aromatic heterocycles. The van der Waals surface area contributed by atoms with E-state index in [1.165, 1.54) is 0 Å². The molecule has 1 fully saturated rings. The van der Waals surface area contributed by atoms with Crippen molar-refractivity contribution in [3.63, 3.8) is 0 Å². The van der Waals surface area contributed by atoms with Gasteiger partial charge in [0, 0.05) is 13.0 Å². The molecule has 1 N–H and O–H groups in total. The third kappa shape index (κ3) is 3.69. The molecule has 0 unspecified atom stereocenters. The van der Waals surface area contributed by atoms with Crippen molar-refractivity contribution in [1.82, 2.24) is 0 Å². The Morgan fingerprint density at radius 2 is 2.25 bits per heavy atom. The van der Waals surface area contributed by atoms with Gasteiger partial charge in [-0.15, -0.1) is 0 Å². The van der Waals surface area contributed by atoms with Crippen molar-refractivity contribution in [2.45, 2.75) is 25.4 Å². The molecule has 0 atom stereocenters. The summed E-state index contributed by atoms with van der Waals surface area (Å²) in [4.78, 5) is 10.1. The molecule has 1 saturated heterocycles. The molecular weight excluding hydrogens is 160 g/mol. The minimum atomic E-state index is -0.734. The maximum atomic E-state index is 10.1. The molecule has 1 rings (SSSR count). The van der Waals surface area contributed by atoms with E-state index in [0.29, 0.717) is 26.2 Å². The van der Waals surface area contributed by atoms with E-state index >= 15 is 0 Å². The standard InChI is InChI=1S/C8H14O4/c9-8(10)3-1-2-4-12-7-5-11-6-7/h7H,1-6H2,(H,9,10). The number of hydrogen-bond acceptors (Lipinski definition) is 3. The number of carboxylic acid groups (broad SMARTS) is 1. The topological polar surface area (TPSA) is 55.8 Å². The highest BCUT2D eigenvalue weighted by Gasteiger charge is 2.17. The molecule has 1 aliphatic heterocycles. The Balaban J connectivity index is 1.79. The van der Waals surface area contributed by atoms with Crippen molar-refractivity contribution < 1.29 is 19.4 Å². The average Bonchev–Trinajstić information content (AvgIpc) is 1.92. The van der Waals surface area contributed by atoms with Crippen LogP contribution in [0.1, 0.15) is 19.3 Å². The van der Waals surface area contributed by atoms with Gasteiger partial charge in [-0.05, 0) is 12.8 Å². The quantitative estimate of drug-likeness (QED) is 0.601. The molecule has 4 heteroatoms. The van der Waals surface area contributed by atoms with Crippen LogP contribution in [0.2, 0.25) is 0 Å². The van der Waals surface area contributed by atoms with Gasteiger partial charge in [-0.3, -0.25) is 4.79 Å². The van der Waals surface area contributed by atoms with Crippen molar-refractivity contribution in [2.75, 3.05) is 19.8 Å². The van der Waals surface area contributed by atoms with Gasteiger partial charge in [0.1, 0.15) is 6.10 Å². The Morgan fingerprint density at radius 3 is 2.75 bits per heavy atom. The normalized spacial score (nSPS) is 17.3. The molecule has 12 heavy (non-hydrogen) atoms. The molecule has 0 bridgehead atoms. The van der Waals surface area contributed by atoms with Gasteiger partial charge >= 0.3 is 5.97 Å². The second kappa shape index (κ2) is 5.11. The SMILES string of the molecule is O=C(O)CCCCOC1COC1. The Bertz CT molecular complexity index is 142. The van der Waals surface area contributed by atoms with Crippen molar-refractivity contribution >= 4 is 5.97 Å². The summed E-state index contributed by atoms with van der Waals surface area (Å²) in [5, 5.41) is 8.32. The fourth-order valence-electron chi connectivity index (χ4n) is 0.939. The first-order chi connectivity index (χ1) is 5.79. The van der Waals surface area contributed by atoms with Gasteiger partial charge in [-0.2, -0.15) is 0 Å². The first-order valence-electron chi connectivity index (χ1n) is 4.20. The van der Waals surface area contributed by atoms with Crippen LogP contribution in [-0.2, 0) is 14.3 Å². The van der Waals surface area contributed by atoms with Crippen LogP contribution in [0.25, 0.3) is 0 Å². The second-order valence-corrected chi connectivity index (χ2v) is 2.88. The van der Waals surface area contributed by atoms with Gasteiger partial charge in [-0.25, -0.2) is 0 Å². The Labute approximate surface area is 71.5 Å². The molecule has 0 amide bonds. The van der Waals surface area contributed by atoms with Crippen LogP contribution in [0, 0.1) is 0 Å². The Morgan fingerprint density at radius 1 is 1.50 bits per heavy atom. The van der Waals surface area contributed by atoms with Crippen molar-refractivity contribution in [3.8, 4) is 0 Å². The number of aliphatic carboxylic acids is 1. The van der Waals surface area contributed by atoms with Gasteiger partial charge in [0.05, 0.1) is 13.2 Å². The number of unbranched alkanes of at least 4 members (excludes halogenated alkanes) is 1. The van der Waals surface area contributed by atoms with E-state index in [0.717, 1.165) is 6.42 Å². The molecular formula is C8H14O4. The van der Waals surface area contributed by atoms with Crippen molar-refractivity contribution in [1.29, 1.82) is 0 Å². The maximum absolute atomic E-state index is 10.1. The lowest BCUT2D eigenvalue weighted by atomic mass is 10.2. The summed E-state index contributed by atoms with van der Waals surface area (Å²) in [5.41, 5.74) is 0. The number of ether oxygens (including phenoxy) is 2. The zero-order valence-corrected chi connectivity index (χ0v) is 6.99. The van der Waals surface area contributed by atoms with Gasteiger partial charge in [0.25, 0.3) is 0 Å². The van der Waals surface area contributed by atoms with Crippen LogP contribution in [0.4, 0.5) is 0 Å². The molecule has 70 valence electrons. The molecule has 1 heterocycles. The summed E-state index contributed by atoms with van der Waals surface area (Å²) < 4.78 is 10.3. The molecule has 0 aliphatic carbocycles. The molecule has 0 radical (unpaired) electrons. The maximum Gasteiger partial charge on any atom is 0.303 e. The molecule has 0 aromatic rings. The van der Waals surface area contributed by atoms with E-state index in [2.05, 4.69) is 0 Å². The van der Waals surface area contributed by atoms with E-state index in [-0.39, 0.29) is 12.5 Å². The van der Waals surface area contributed by atoms with Gasteiger partial charge < -0.3 is 14.6 Å². The largest absolute Gasteiger partial charge is 0.481 e. The van der Waals surface area contributed by atoms with E-state index in [1.54, 1.807) is 0 Å². The van der Waals surface area contributed by atoms with E-state index < -0.39 is 5.97 Å². The zero-order chi connectivity index (χ0) is 8.81. The van der Waals surface area contributed by atoms with Gasteiger partial charge in [0.2, 0.25) is 0 Å². The first kappa shape index (κ1) is 9.48. The highest BCUT2D eigenvalue weighted by molar-refractivity contribution is 5.66. The van der Waals surface area contributed by atoms with Crippen LogP contribution in [-0.4, -0.2) is 37.0 Å². The highest BCUT2D eigenvalue weighted by atomic mass is 16.6. The molecule has 1 aliphatic rings. The molecule has 0 saturated carbocycles. The van der Waals surface area contributed by atoms with Crippen LogP contribution in [0.5, 0.6) is 0 Å². The summed E-state index contributed by atoms with van der Waals surface area (Å²) in [5.74, 6) is -0.734. The van der Waals surface area contributed by atoms with E-state index in [9.17, 15) is 4.79 Å². The lowest BCUT2D eigenvalue weighted by molar-refractivity contribution is -0.138. The first-order valence-corrected chi connectivity index (χ1v) is 4.20. The summed E-state index contributed by atoms with van der Waals surface area (Å²) in [6.45, 7) is 2.04. The predicted octanol–water partition coefficient (Wildman–Crippen LogP) is 0.657. The zero-order valence-electron chi connectivity index (χ0n) is 6.99. The monoisotopic (exact) mass is 174 g/mol. The summed E-state index contributed by atoms with van der Waals surface area (Å²) in [6.07, 6.45) is 2.02. The Hall–Kier alpha value is -0.610. The number of carbonyl (C=O) groups is 1. The molecule has 0 spiro atoms. The third-order valence-electron chi connectivity index (χ3n) is 1.75. The van der Waals surface area contributed by atoms with Crippen LogP contribution < -0.4 is 0 Å². The van der Waals surface area contributed by atoms with Crippen molar-refractivity contribution in [2.24, 2.45) is 0 Å². The minimum absolute atomic E-state index is 0.241. The summed E-state index contributed by atoms with van der Waals surface area (Å²) in [6, 6.07) is 0. The van der Waals surface area contributed by atoms with Gasteiger partial charge in [-0.1, -0.05) is 0 Å². The van der Waals surface area contributed by atoms with Gasteiger partial charge in [0.15, 0.2) is 0 Å². The fraction of sp³-hybridized carbons (Fsp3) is 0.875. The Kier molecular flexibility index (Phi) is 4.04. The summed E-state index contributed by atoms with van der Waals surface area (Å²) in [7, 11) is 0. The minimum Gasteiger partial charge on any atom is -0.481 e. The third-order valence-corrected chi connectivity index (χ3v) is 1.75. The highest BCUT2D eigenvalue weighted by Crippen LogP contribution is 2.06.